The molecular formula is C12H22O3. The van der Waals surface area contributed by atoms with E-state index in [0.29, 0.717) is 6.10 Å². The molecule has 3 nitrogen and oxygen atoms in total. The summed E-state index contributed by atoms with van der Waals surface area (Å²) in [6.07, 6.45) is 5.96. The van der Waals surface area contributed by atoms with Gasteiger partial charge < -0.3 is 14.6 Å². The van der Waals surface area contributed by atoms with Gasteiger partial charge in [0, 0.05) is 12.8 Å². The van der Waals surface area contributed by atoms with Gasteiger partial charge in [-0.1, -0.05) is 6.92 Å². The lowest BCUT2D eigenvalue weighted by Crippen LogP contribution is -2.51. The Bertz CT molecular complexity index is 213. The number of hydrogen-bond acceptors (Lipinski definition) is 3. The average Bonchev–Trinajstić information content (AvgIpc) is 2.24. The van der Waals surface area contributed by atoms with Crippen LogP contribution in [-0.2, 0) is 9.47 Å². The third-order valence-corrected chi connectivity index (χ3v) is 3.68. The van der Waals surface area contributed by atoms with Gasteiger partial charge in [0.2, 0.25) is 0 Å². The molecule has 2 rings (SSSR count). The first-order valence-corrected chi connectivity index (χ1v) is 6.19. The van der Waals surface area contributed by atoms with E-state index in [4.69, 9.17) is 9.47 Å². The minimum atomic E-state index is -0.377. The van der Waals surface area contributed by atoms with Crippen LogP contribution in [0, 0.1) is 0 Å². The Labute approximate surface area is 91.8 Å². The quantitative estimate of drug-likeness (QED) is 0.727. The minimum Gasteiger partial charge on any atom is -0.390 e. The van der Waals surface area contributed by atoms with E-state index in [-0.39, 0.29) is 18.0 Å². The second kappa shape index (κ2) is 4.40. The largest absolute Gasteiger partial charge is 0.390 e. The lowest BCUT2D eigenvalue weighted by Gasteiger charge is -2.46. The Hall–Kier alpha value is -0.120. The van der Waals surface area contributed by atoms with Crippen LogP contribution >= 0.6 is 0 Å². The molecule has 2 fully saturated rings. The molecule has 4 atom stereocenters. The van der Waals surface area contributed by atoms with Gasteiger partial charge in [0.05, 0.1) is 18.3 Å². The highest BCUT2D eigenvalue weighted by Gasteiger charge is 2.43. The van der Waals surface area contributed by atoms with Gasteiger partial charge in [-0.15, -0.1) is 0 Å². The minimum absolute atomic E-state index is 0.0886. The molecule has 0 radical (unpaired) electrons. The van der Waals surface area contributed by atoms with Gasteiger partial charge in [-0.2, -0.15) is 0 Å². The molecule has 0 saturated carbocycles. The van der Waals surface area contributed by atoms with Crippen LogP contribution in [0.3, 0.4) is 0 Å². The third kappa shape index (κ3) is 2.35. The molecule has 2 heterocycles. The summed E-state index contributed by atoms with van der Waals surface area (Å²) in [5, 5.41) is 9.63. The maximum atomic E-state index is 9.63. The maximum Gasteiger partial charge on any atom is 0.169 e. The SMILES string of the molecule is CC[C@@H]1CCC[C@]2(CC[C@@H](O)[C@@H](C)O2)O1. The van der Waals surface area contributed by atoms with Gasteiger partial charge >= 0.3 is 0 Å². The lowest BCUT2D eigenvalue weighted by atomic mass is 9.91. The topological polar surface area (TPSA) is 38.7 Å². The van der Waals surface area contributed by atoms with Crippen molar-refractivity contribution in [3.8, 4) is 0 Å². The van der Waals surface area contributed by atoms with Gasteiger partial charge in [0.1, 0.15) is 0 Å². The van der Waals surface area contributed by atoms with Crippen LogP contribution in [0.1, 0.15) is 52.4 Å². The van der Waals surface area contributed by atoms with E-state index in [1.165, 1.54) is 6.42 Å². The molecule has 0 unspecified atom stereocenters. The van der Waals surface area contributed by atoms with Crippen LogP contribution in [0.25, 0.3) is 0 Å². The molecule has 0 aromatic rings. The number of aliphatic hydroxyl groups excluding tert-OH is 1. The van der Waals surface area contributed by atoms with Crippen molar-refractivity contribution in [3.63, 3.8) is 0 Å². The molecule has 3 heteroatoms. The summed E-state index contributed by atoms with van der Waals surface area (Å²) < 4.78 is 11.9. The molecule has 0 bridgehead atoms. The normalized spacial score (nSPS) is 47.0. The summed E-state index contributed by atoms with van der Waals surface area (Å²) in [6, 6.07) is 0. The molecule has 88 valence electrons. The van der Waals surface area contributed by atoms with Gasteiger partial charge in [-0.25, -0.2) is 0 Å². The molecule has 2 aliphatic rings. The number of ether oxygens (including phenoxy) is 2. The predicted molar refractivity (Wildman–Crippen MR) is 57.5 cm³/mol. The zero-order chi connectivity index (χ0) is 10.9. The Balaban J connectivity index is 2.00. The number of aliphatic hydroxyl groups is 1. The van der Waals surface area contributed by atoms with E-state index in [2.05, 4.69) is 6.92 Å². The van der Waals surface area contributed by atoms with Crippen molar-refractivity contribution in [1.29, 1.82) is 0 Å². The third-order valence-electron chi connectivity index (χ3n) is 3.68. The molecule has 2 saturated heterocycles. The smallest absolute Gasteiger partial charge is 0.169 e. The molecule has 1 N–H and O–H groups in total. The molecule has 0 aliphatic carbocycles. The van der Waals surface area contributed by atoms with Crippen LogP contribution in [0.15, 0.2) is 0 Å². The highest BCUT2D eigenvalue weighted by molar-refractivity contribution is 4.85. The first kappa shape index (κ1) is 11.4. The Morgan fingerprint density at radius 2 is 2.07 bits per heavy atom. The van der Waals surface area contributed by atoms with Gasteiger partial charge in [-0.3, -0.25) is 0 Å². The summed E-state index contributed by atoms with van der Waals surface area (Å²) in [7, 11) is 0. The van der Waals surface area contributed by atoms with Crippen molar-refractivity contribution in [1.82, 2.24) is 0 Å². The summed E-state index contributed by atoms with van der Waals surface area (Å²) in [5.41, 5.74) is 0. The van der Waals surface area contributed by atoms with Crippen molar-refractivity contribution in [2.45, 2.75) is 76.5 Å². The van der Waals surface area contributed by atoms with E-state index in [9.17, 15) is 5.11 Å². The van der Waals surface area contributed by atoms with Crippen LogP contribution in [-0.4, -0.2) is 29.2 Å². The zero-order valence-corrected chi connectivity index (χ0v) is 9.74. The van der Waals surface area contributed by atoms with Crippen molar-refractivity contribution < 1.29 is 14.6 Å². The van der Waals surface area contributed by atoms with Crippen molar-refractivity contribution in [2.24, 2.45) is 0 Å². The Kier molecular flexibility index (Phi) is 3.33. The standard InChI is InChI=1S/C12H22O3/c1-3-10-5-4-7-12(15-10)8-6-11(13)9(2)14-12/h9-11,13H,3-8H2,1-2H3/t9-,10-,11-,12-/m1/s1. The van der Waals surface area contributed by atoms with E-state index >= 15 is 0 Å². The van der Waals surface area contributed by atoms with Crippen LogP contribution < -0.4 is 0 Å². The highest BCUT2D eigenvalue weighted by atomic mass is 16.7. The van der Waals surface area contributed by atoms with E-state index in [1.54, 1.807) is 0 Å². The predicted octanol–water partition coefficient (Wildman–Crippen LogP) is 2.22. The summed E-state index contributed by atoms with van der Waals surface area (Å²) in [5.74, 6) is -0.377. The second-order valence-electron chi connectivity index (χ2n) is 4.88. The first-order chi connectivity index (χ1) is 7.15. The fourth-order valence-electron chi connectivity index (χ4n) is 2.66. The van der Waals surface area contributed by atoms with Crippen molar-refractivity contribution >= 4 is 0 Å². The molecule has 0 amide bonds. The van der Waals surface area contributed by atoms with Crippen LogP contribution in [0.5, 0.6) is 0 Å². The van der Waals surface area contributed by atoms with Crippen LogP contribution in [0.2, 0.25) is 0 Å². The van der Waals surface area contributed by atoms with Gasteiger partial charge in [0.15, 0.2) is 5.79 Å². The molecule has 0 aromatic carbocycles. The van der Waals surface area contributed by atoms with Crippen molar-refractivity contribution in [2.75, 3.05) is 0 Å². The summed E-state index contributed by atoms with van der Waals surface area (Å²) in [6.45, 7) is 4.09. The molecule has 0 aromatic heterocycles. The Morgan fingerprint density at radius 1 is 1.27 bits per heavy atom. The van der Waals surface area contributed by atoms with E-state index in [0.717, 1.165) is 32.1 Å². The zero-order valence-electron chi connectivity index (χ0n) is 9.74. The van der Waals surface area contributed by atoms with Gasteiger partial charge in [0.25, 0.3) is 0 Å². The first-order valence-electron chi connectivity index (χ1n) is 6.19. The highest BCUT2D eigenvalue weighted by Crippen LogP contribution is 2.39. The summed E-state index contributed by atoms with van der Waals surface area (Å²) >= 11 is 0. The number of hydrogen-bond donors (Lipinski definition) is 1. The lowest BCUT2D eigenvalue weighted by molar-refractivity contribution is -0.326. The average molecular weight is 214 g/mol. The van der Waals surface area contributed by atoms with Crippen LogP contribution in [0.4, 0.5) is 0 Å². The fourth-order valence-corrected chi connectivity index (χ4v) is 2.66. The molecule has 1 spiro atoms. The molecule has 2 aliphatic heterocycles. The number of rotatable bonds is 1. The molecular weight excluding hydrogens is 192 g/mol. The second-order valence-corrected chi connectivity index (χ2v) is 4.88. The fraction of sp³-hybridized carbons (Fsp3) is 1.00. The van der Waals surface area contributed by atoms with Gasteiger partial charge in [-0.05, 0) is 32.6 Å². The monoisotopic (exact) mass is 214 g/mol. The van der Waals surface area contributed by atoms with E-state index < -0.39 is 0 Å². The maximum absolute atomic E-state index is 9.63. The summed E-state index contributed by atoms with van der Waals surface area (Å²) in [4.78, 5) is 0. The Morgan fingerprint density at radius 3 is 2.73 bits per heavy atom. The molecule has 15 heavy (non-hydrogen) atoms. The van der Waals surface area contributed by atoms with Crippen molar-refractivity contribution in [3.05, 3.63) is 0 Å². The van der Waals surface area contributed by atoms with E-state index in [1.807, 2.05) is 6.92 Å².